The van der Waals surface area contributed by atoms with Crippen molar-refractivity contribution >= 4 is 57.1 Å². The molecule has 0 bridgehead atoms. The third-order valence-corrected chi connectivity index (χ3v) is 10.3. The van der Waals surface area contributed by atoms with Crippen LogP contribution in [0.3, 0.4) is 0 Å². The molecule has 0 aromatic carbocycles. The van der Waals surface area contributed by atoms with Crippen molar-refractivity contribution in [2.24, 2.45) is 0 Å². The summed E-state index contributed by atoms with van der Waals surface area (Å²) in [6.07, 6.45) is 0. The summed E-state index contributed by atoms with van der Waals surface area (Å²) in [4.78, 5) is 48.1. The molecule has 3 rings (SSSR count). The van der Waals surface area contributed by atoms with Crippen molar-refractivity contribution < 1.29 is 96.9 Å². The van der Waals surface area contributed by atoms with Gasteiger partial charge >= 0.3 is 59.1 Å². The molecule has 3 aliphatic rings. The quantitative estimate of drug-likeness (QED) is 0.134. The maximum absolute atomic E-state index is 12.7. The van der Waals surface area contributed by atoms with E-state index < -0.39 is 61.4 Å². The minimum Gasteiger partial charge on any atom is -0.548 e. The average Bonchev–Trinajstić information content (AvgIpc) is 3.09. The SMILES string of the molecule is CC1(C)C(C(=O)[O-])N2C(=O)[C@@H](NC(=O)C(C(=O)[O-])=C3SCCS3)[C@H]2S1(=O)=O.[Na+].[Na+]. The third-order valence-electron chi connectivity index (χ3n) is 4.76. The Labute approximate surface area is 219 Å². The van der Waals surface area contributed by atoms with E-state index in [0.717, 1.165) is 37.4 Å². The Bertz CT molecular complexity index is 897. The van der Waals surface area contributed by atoms with Crippen LogP contribution in [-0.4, -0.2) is 70.8 Å². The number of nitrogens with zero attached hydrogens (tertiary/aromatic N) is 1. The van der Waals surface area contributed by atoms with Crippen molar-refractivity contribution in [1.82, 2.24) is 10.2 Å². The van der Waals surface area contributed by atoms with Crippen LogP contribution in [-0.2, 0) is 29.0 Å². The van der Waals surface area contributed by atoms with Crippen LogP contribution >= 0.6 is 23.5 Å². The number of hydrogen-bond acceptors (Lipinski definition) is 10. The Morgan fingerprint density at radius 3 is 2.10 bits per heavy atom. The number of thioether (sulfide) groups is 2. The van der Waals surface area contributed by atoms with Gasteiger partial charge in [0, 0.05) is 11.5 Å². The van der Waals surface area contributed by atoms with E-state index in [1.165, 1.54) is 0 Å². The number of β-lactam (4-membered cyclic amide) rings is 1. The molecular formula is C14H14N2Na2O8S3. The van der Waals surface area contributed by atoms with Gasteiger partial charge in [-0.1, -0.05) is 0 Å². The van der Waals surface area contributed by atoms with E-state index in [2.05, 4.69) is 5.32 Å². The van der Waals surface area contributed by atoms with Crippen LogP contribution in [0, 0.1) is 0 Å². The minimum atomic E-state index is -4.17. The molecule has 15 heteroatoms. The first-order chi connectivity index (χ1) is 12.4. The van der Waals surface area contributed by atoms with E-state index in [4.69, 9.17) is 0 Å². The van der Waals surface area contributed by atoms with E-state index in [1.807, 2.05) is 0 Å². The number of carbonyl (C=O) groups is 4. The van der Waals surface area contributed by atoms with Gasteiger partial charge in [-0.2, -0.15) is 0 Å². The van der Waals surface area contributed by atoms with Crippen LogP contribution in [0.4, 0.5) is 0 Å². The first-order valence-corrected chi connectivity index (χ1v) is 11.2. The van der Waals surface area contributed by atoms with Gasteiger partial charge in [0.15, 0.2) is 15.2 Å². The molecule has 3 atom stereocenters. The van der Waals surface area contributed by atoms with Gasteiger partial charge in [-0.25, -0.2) is 8.42 Å². The number of nitrogens with one attached hydrogen (secondary N) is 1. The molecule has 3 saturated heterocycles. The second-order valence-corrected chi connectivity index (χ2v) is 11.7. The molecule has 0 radical (unpaired) electrons. The standard InChI is InChI=1S/C14H16N2O8S3.2Na/c1-14(2)7(12(21)22)16-9(18)6(10(16)27(14,23)24)15-8(17)5(11(19)20)13-25-3-4-26-13;;/h6-7,10H,3-4H2,1-2H3,(H,15,17)(H,19,20)(H,21,22);;/q;2*+1/p-2/t6-,7?,10-;;/m1../s1. The Balaban J connectivity index is 0.00000210. The van der Waals surface area contributed by atoms with E-state index in [9.17, 15) is 37.8 Å². The van der Waals surface area contributed by atoms with Crippen molar-refractivity contribution in [3.05, 3.63) is 9.81 Å². The summed E-state index contributed by atoms with van der Waals surface area (Å²) < 4.78 is 23.8. The first-order valence-electron chi connectivity index (χ1n) is 7.71. The van der Waals surface area contributed by atoms with Crippen LogP contribution in [0.1, 0.15) is 13.8 Å². The molecule has 10 nitrogen and oxygen atoms in total. The molecule has 0 aromatic heterocycles. The summed E-state index contributed by atoms with van der Waals surface area (Å²) >= 11 is 2.29. The molecule has 1 unspecified atom stereocenters. The van der Waals surface area contributed by atoms with E-state index >= 15 is 0 Å². The van der Waals surface area contributed by atoms with Crippen LogP contribution in [0.15, 0.2) is 9.81 Å². The fourth-order valence-electron chi connectivity index (χ4n) is 3.36. The molecule has 0 aliphatic carbocycles. The average molecular weight is 480 g/mol. The number of fused-ring (bicyclic) bond motifs is 1. The van der Waals surface area contributed by atoms with Gasteiger partial charge in [0.2, 0.25) is 5.91 Å². The van der Waals surface area contributed by atoms with Gasteiger partial charge in [-0.15, -0.1) is 23.5 Å². The summed E-state index contributed by atoms with van der Waals surface area (Å²) in [7, 11) is -4.17. The molecule has 148 valence electrons. The maximum Gasteiger partial charge on any atom is 1.00 e. The predicted molar refractivity (Wildman–Crippen MR) is 91.3 cm³/mol. The predicted octanol–water partition coefficient (Wildman–Crippen LogP) is -9.59. The zero-order valence-corrected chi connectivity index (χ0v) is 22.5. The molecule has 0 saturated carbocycles. The van der Waals surface area contributed by atoms with Gasteiger partial charge in [0.05, 0.1) is 32.5 Å². The van der Waals surface area contributed by atoms with Crippen molar-refractivity contribution in [1.29, 1.82) is 0 Å². The van der Waals surface area contributed by atoms with Crippen molar-refractivity contribution in [2.75, 3.05) is 11.5 Å². The number of amides is 2. The molecule has 0 aromatic rings. The van der Waals surface area contributed by atoms with Crippen LogP contribution in [0.2, 0.25) is 0 Å². The Morgan fingerprint density at radius 2 is 1.66 bits per heavy atom. The monoisotopic (exact) mass is 480 g/mol. The first kappa shape index (κ1) is 27.3. The second kappa shape index (κ2) is 9.41. The number of sulfone groups is 1. The number of rotatable bonds is 4. The number of carboxylic acid groups (broad SMARTS) is 2. The fraction of sp³-hybridized carbons (Fsp3) is 0.571. The van der Waals surface area contributed by atoms with E-state index in [1.54, 1.807) is 0 Å². The summed E-state index contributed by atoms with van der Waals surface area (Å²) in [6, 6.07) is -3.27. The Morgan fingerprint density at radius 1 is 1.14 bits per heavy atom. The molecule has 3 fully saturated rings. The Kier molecular flexibility index (Phi) is 8.86. The smallest absolute Gasteiger partial charge is 0.548 e. The fourth-order valence-corrected chi connectivity index (χ4v) is 8.08. The van der Waals surface area contributed by atoms with Crippen LogP contribution in [0.25, 0.3) is 0 Å². The molecule has 29 heavy (non-hydrogen) atoms. The summed E-state index contributed by atoms with van der Waals surface area (Å²) in [5, 5.41) is 23.3. The van der Waals surface area contributed by atoms with E-state index in [0.29, 0.717) is 16.4 Å². The number of aliphatic carboxylic acids is 2. The van der Waals surface area contributed by atoms with Gasteiger partial charge in [0.25, 0.3) is 5.91 Å². The van der Waals surface area contributed by atoms with Crippen molar-refractivity contribution in [3.63, 3.8) is 0 Å². The summed E-state index contributed by atoms with van der Waals surface area (Å²) in [6.45, 7) is 2.32. The normalized spacial score (nSPS) is 28.3. The largest absolute Gasteiger partial charge is 1.00 e. The van der Waals surface area contributed by atoms with Crippen molar-refractivity contribution in [3.8, 4) is 0 Å². The number of carboxylic acids is 2. The molecular weight excluding hydrogens is 466 g/mol. The zero-order valence-electron chi connectivity index (χ0n) is 16.1. The molecule has 3 aliphatic heterocycles. The maximum atomic E-state index is 12.7. The number of carbonyl (C=O) groups excluding carboxylic acids is 4. The minimum absolute atomic E-state index is 0. The summed E-state index contributed by atoms with van der Waals surface area (Å²) in [5.41, 5.74) is -0.667. The zero-order chi connectivity index (χ0) is 20.3. The van der Waals surface area contributed by atoms with E-state index in [-0.39, 0.29) is 63.4 Å². The molecule has 2 amide bonds. The Hall–Kier alpha value is 0.270. The van der Waals surface area contributed by atoms with Crippen molar-refractivity contribution in [2.45, 2.75) is 36.1 Å². The van der Waals surface area contributed by atoms with Gasteiger partial charge in [-0.05, 0) is 13.8 Å². The number of hydrogen-bond donors (Lipinski definition) is 1. The third kappa shape index (κ3) is 4.19. The van der Waals surface area contributed by atoms with Gasteiger partial charge in [0.1, 0.15) is 6.04 Å². The molecule has 0 spiro atoms. The topological polar surface area (TPSA) is 164 Å². The van der Waals surface area contributed by atoms with Crippen LogP contribution in [0.5, 0.6) is 0 Å². The van der Waals surface area contributed by atoms with Gasteiger partial charge < -0.3 is 30.0 Å². The molecule has 1 N–H and O–H groups in total. The summed E-state index contributed by atoms with van der Waals surface area (Å²) in [5.74, 6) is -4.34. The molecule has 3 heterocycles. The van der Waals surface area contributed by atoms with Gasteiger partial charge in [-0.3, -0.25) is 9.59 Å². The van der Waals surface area contributed by atoms with Crippen LogP contribution < -0.4 is 74.6 Å². The second-order valence-electron chi connectivity index (χ2n) is 6.60.